The molecular formula is C22H21ClFN3S. The van der Waals surface area contributed by atoms with Gasteiger partial charge in [0.25, 0.3) is 0 Å². The number of aromatic nitrogens is 1. The molecule has 3 aromatic rings. The molecule has 3 rings (SSSR count). The van der Waals surface area contributed by atoms with E-state index in [1.807, 2.05) is 31.2 Å². The molecule has 0 atom stereocenters. The maximum absolute atomic E-state index is 14.1. The van der Waals surface area contributed by atoms with Crippen LogP contribution in [0.1, 0.15) is 30.0 Å². The fourth-order valence-electron chi connectivity index (χ4n) is 3.06. The summed E-state index contributed by atoms with van der Waals surface area (Å²) in [4.78, 5) is 9.22. The first-order chi connectivity index (χ1) is 13.4. The van der Waals surface area contributed by atoms with E-state index in [0.717, 1.165) is 38.7 Å². The van der Waals surface area contributed by atoms with Crippen molar-refractivity contribution >= 4 is 39.3 Å². The lowest BCUT2D eigenvalue weighted by molar-refractivity contribution is 0.616. The van der Waals surface area contributed by atoms with Gasteiger partial charge >= 0.3 is 0 Å². The van der Waals surface area contributed by atoms with E-state index in [9.17, 15) is 4.39 Å². The largest absolute Gasteiger partial charge is 0.347 e. The van der Waals surface area contributed by atoms with Crippen LogP contribution in [0.5, 0.6) is 0 Å². The highest BCUT2D eigenvalue weighted by Gasteiger charge is 2.13. The molecule has 28 heavy (non-hydrogen) atoms. The number of benzene rings is 1. The maximum Gasteiger partial charge on any atom is 0.151 e. The molecule has 0 spiro atoms. The van der Waals surface area contributed by atoms with Crippen molar-refractivity contribution in [1.29, 1.82) is 0 Å². The summed E-state index contributed by atoms with van der Waals surface area (Å²) in [5, 5.41) is 4.74. The van der Waals surface area contributed by atoms with Crippen LogP contribution in [0.4, 0.5) is 9.39 Å². The highest BCUT2D eigenvalue weighted by atomic mass is 35.5. The van der Waals surface area contributed by atoms with E-state index in [2.05, 4.69) is 34.9 Å². The Morgan fingerprint density at radius 1 is 1.29 bits per heavy atom. The number of nitrogens with zero attached hydrogens (tertiary/aromatic N) is 2. The number of thiophene rings is 1. The SMILES string of the molecule is C=C(Nc1ccc(-c2cc(C(CC)=NC)ccc2Cl)s1)c1c(C)cncc1F. The van der Waals surface area contributed by atoms with Crippen molar-refractivity contribution in [2.45, 2.75) is 20.3 Å². The number of aryl methyl sites for hydroxylation is 1. The maximum atomic E-state index is 14.1. The predicted octanol–water partition coefficient (Wildman–Crippen LogP) is 6.82. The molecule has 0 aliphatic heterocycles. The van der Waals surface area contributed by atoms with Crippen molar-refractivity contribution in [3.8, 4) is 10.4 Å². The standard InChI is InChI=1S/C22H21ClFN3S/c1-5-19(25-4)15-6-7-17(23)16(10-15)20-8-9-21(28-20)27-14(3)22-13(2)11-26-12-18(22)24/h6-12,27H,3,5H2,1-2,4H3. The van der Waals surface area contributed by atoms with E-state index in [1.165, 1.54) is 17.5 Å². The summed E-state index contributed by atoms with van der Waals surface area (Å²) in [5.74, 6) is -0.393. The number of halogens is 2. The summed E-state index contributed by atoms with van der Waals surface area (Å²) in [6.07, 6.45) is 3.67. The highest BCUT2D eigenvalue weighted by molar-refractivity contribution is 7.19. The quantitative estimate of drug-likeness (QED) is 0.450. The molecular weight excluding hydrogens is 393 g/mol. The van der Waals surface area contributed by atoms with Crippen molar-refractivity contribution in [3.63, 3.8) is 0 Å². The Bertz CT molecular complexity index is 1040. The molecule has 2 heterocycles. The van der Waals surface area contributed by atoms with E-state index in [1.54, 1.807) is 13.2 Å². The highest BCUT2D eigenvalue weighted by Crippen LogP contribution is 2.37. The first-order valence-corrected chi connectivity index (χ1v) is 10.1. The third-order valence-corrected chi connectivity index (χ3v) is 5.80. The van der Waals surface area contributed by atoms with Crippen molar-refractivity contribution in [1.82, 2.24) is 4.98 Å². The van der Waals surface area contributed by atoms with E-state index in [4.69, 9.17) is 11.6 Å². The Balaban J connectivity index is 1.89. The van der Waals surface area contributed by atoms with Crippen molar-refractivity contribution in [2.24, 2.45) is 4.99 Å². The molecule has 0 aliphatic carbocycles. The van der Waals surface area contributed by atoms with Crippen molar-refractivity contribution < 1.29 is 4.39 Å². The number of pyridine rings is 1. The lowest BCUT2D eigenvalue weighted by Crippen LogP contribution is -2.01. The summed E-state index contributed by atoms with van der Waals surface area (Å²) >= 11 is 7.98. The number of aliphatic imine (C=N–C) groups is 1. The summed E-state index contributed by atoms with van der Waals surface area (Å²) in [5.41, 5.74) is 4.71. The molecule has 0 fully saturated rings. The second-order valence-electron chi connectivity index (χ2n) is 6.30. The zero-order chi connectivity index (χ0) is 20.3. The summed E-state index contributed by atoms with van der Waals surface area (Å²) in [6.45, 7) is 7.88. The molecule has 0 aliphatic rings. The van der Waals surface area contributed by atoms with Crippen LogP contribution in [-0.2, 0) is 0 Å². The zero-order valence-corrected chi connectivity index (χ0v) is 17.6. The molecule has 0 bridgehead atoms. The molecule has 2 aromatic heterocycles. The molecule has 0 radical (unpaired) electrons. The predicted molar refractivity (Wildman–Crippen MR) is 119 cm³/mol. The third-order valence-electron chi connectivity index (χ3n) is 4.44. The van der Waals surface area contributed by atoms with Gasteiger partial charge < -0.3 is 5.32 Å². The van der Waals surface area contributed by atoms with Crippen LogP contribution < -0.4 is 5.32 Å². The average Bonchev–Trinajstić information content (AvgIpc) is 3.12. The number of hydrogen-bond donors (Lipinski definition) is 1. The summed E-state index contributed by atoms with van der Waals surface area (Å²) in [7, 11) is 1.80. The van der Waals surface area contributed by atoms with Gasteiger partial charge in [0, 0.05) is 45.7 Å². The van der Waals surface area contributed by atoms with Crippen LogP contribution >= 0.6 is 22.9 Å². The second-order valence-corrected chi connectivity index (χ2v) is 7.79. The minimum Gasteiger partial charge on any atom is -0.347 e. The van der Waals surface area contributed by atoms with Gasteiger partial charge in [-0.1, -0.05) is 31.2 Å². The molecule has 1 aromatic carbocycles. The van der Waals surface area contributed by atoms with E-state index in [0.29, 0.717) is 16.3 Å². The molecule has 6 heteroatoms. The van der Waals surface area contributed by atoms with Crippen LogP contribution in [0.25, 0.3) is 16.1 Å². The Labute approximate surface area is 173 Å². The molecule has 144 valence electrons. The smallest absolute Gasteiger partial charge is 0.151 e. The molecule has 3 nitrogen and oxygen atoms in total. The minimum atomic E-state index is -0.393. The second kappa shape index (κ2) is 8.67. The zero-order valence-electron chi connectivity index (χ0n) is 16.0. The van der Waals surface area contributed by atoms with Crippen LogP contribution in [0.15, 0.2) is 54.3 Å². The minimum absolute atomic E-state index is 0.393. The number of hydrogen-bond acceptors (Lipinski definition) is 4. The fourth-order valence-corrected chi connectivity index (χ4v) is 4.30. The molecule has 1 N–H and O–H groups in total. The number of nitrogens with one attached hydrogen (secondary N) is 1. The van der Waals surface area contributed by atoms with Gasteiger partial charge in [-0.05, 0) is 48.7 Å². The van der Waals surface area contributed by atoms with E-state index < -0.39 is 5.82 Å². The average molecular weight is 414 g/mol. The molecule has 0 saturated carbocycles. The van der Waals surface area contributed by atoms with Crippen LogP contribution in [-0.4, -0.2) is 17.7 Å². The van der Waals surface area contributed by atoms with Crippen LogP contribution in [0, 0.1) is 12.7 Å². The van der Waals surface area contributed by atoms with Gasteiger partial charge in [0.2, 0.25) is 0 Å². The number of anilines is 1. The third kappa shape index (κ3) is 4.16. The molecule has 0 saturated heterocycles. The van der Waals surface area contributed by atoms with Gasteiger partial charge in [0.15, 0.2) is 5.82 Å². The molecule has 0 amide bonds. The van der Waals surface area contributed by atoms with E-state index in [-0.39, 0.29) is 0 Å². The topological polar surface area (TPSA) is 37.3 Å². The van der Waals surface area contributed by atoms with E-state index >= 15 is 0 Å². The first-order valence-electron chi connectivity index (χ1n) is 8.86. The fraction of sp³-hybridized carbons (Fsp3) is 0.182. The lowest BCUT2D eigenvalue weighted by Gasteiger charge is -2.11. The van der Waals surface area contributed by atoms with Crippen LogP contribution in [0.3, 0.4) is 0 Å². The van der Waals surface area contributed by atoms with Gasteiger partial charge in [0.1, 0.15) is 0 Å². The van der Waals surface area contributed by atoms with Gasteiger partial charge in [0.05, 0.1) is 11.2 Å². The lowest BCUT2D eigenvalue weighted by atomic mass is 10.0. The Morgan fingerprint density at radius 3 is 2.75 bits per heavy atom. The van der Waals surface area contributed by atoms with Gasteiger partial charge in [-0.25, -0.2) is 4.39 Å². The van der Waals surface area contributed by atoms with Gasteiger partial charge in [-0.15, -0.1) is 11.3 Å². The Kier molecular flexibility index (Phi) is 6.27. The monoisotopic (exact) mass is 413 g/mol. The van der Waals surface area contributed by atoms with Crippen molar-refractivity contribution in [3.05, 3.63) is 76.8 Å². The Hall–Kier alpha value is -2.50. The summed E-state index contributed by atoms with van der Waals surface area (Å²) < 4.78 is 14.1. The number of rotatable bonds is 6. The Morgan fingerprint density at radius 2 is 2.07 bits per heavy atom. The van der Waals surface area contributed by atoms with Gasteiger partial charge in [-0.2, -0.15) is 0 Å². The first kappa shape index (κ1) is 20.2. The summed E-state index contributed by atoms with van der Waals surface area (Å²) in [6, 6.07) is 9.88. The van der Waals surface area contributed by atoms with Crippen LogP contribution in [0.2, 0.25) is 5.02 Å². The van der Waals surface area contributed by atoms with Gasteiger partial charge in [-0.3, -0.25) is 9.98 Å². The van der Waals surface area contributed by atoms with Crippen molar-refractivity contribution in [2.75, 3.05) is 12.4 Å². The molecule has 0 unspecified atom stereocenters. The normalized spacial score (nSPS) is 11.5.